The Balaban J connectivity index is 0.00000169. The molecule has 7 heteroatoms. The van der Waals surface area contributed by atoms with E-state index < -0.39 is 5.91 Å². The third-order valence-corrected chi connectivity index (χ3v) is 1.76. The Morgan fingerprint density at radius 1 is 1.50 bits per heavy atom. The Morgan fingerprint density at radius 2 is 2.21 bits per heavy atom. The number of hydrogen-bond donors (Lipinski definition) is 3. The number of amides is 2. The molecule has 1 atom stereocenters. The largest absolute Gasteiger partial charge is 0.652 e. The predicted molar refractivity (Wildman–Crippen MR) is 46.6 cm³/mol. The molecule has 0 saturated carbocycles. The quantitative estimate of drug-likeness (QED) is 0.534. The standard InChI is InChI=1S/C7H13N4O2.W/c8-6(12)4-10-11-7(13)5-2-1-3-9-5;/h5,10H,1-4H2,(H2,8,12)(H,11,13);/q-1;. The molecule has 0 bridgehead atoms. The van der Waals surface area contributed by atoms with Gasteiger partial charge in [0.05, 0.1) is 6.54 Å². The molecule has 0 radical (unpaired) electrons. The molecule has 0 aromatic carbocycles. The van der Waals surface area contributed by atoms with Gasteiger partial charge in [-0.2, -0.15) is 0 Å². The van der Waals surface area contributed by atoms with Crippen LogP contribution in [0, 0.1) is 0 Å². The van der Waals surface area contributed by atoms with Crippen LogP contribution in [-0.2, 0) is 30.7 Å². The molecule has 1 aliphatic rings. The summed E-state index contributed by atoms with van der Waals surface area (Å²) in [6, 6.07) is -0.264. The van der Waals surface area contributed by atoms with E-state index in [1.54, 1.807) is 0 Å². The van der Waals surface area contributed by atoms with Crippen LogP contribution in [0.1, 0.15) is 12.8 Å². The van der Waals surface area contributed by atoms with Gasteiger partial charge in [0.1, 0.15) is 0 Å². The van der Waals surface area contributed by atoms with E-state index in [9.17, 15) is 9.59 Å². The van der Waals surface area contributed by atoms with Crippen LogP contribution in [0.15, 0.2) is 0 Å². The second kappa shape index (κ2) is 6.92. The third kappa shape index (κ3) is 4.69. The molecular weight excluding hydrogens is 356 g/mol. The molecule has 2 amide bonds. The number of nitrogens with one attached hydrogen (secondary N) is 2. The Hall–Kier alpha value is -0.452. The molecule has 6 nitrogen and oxygen atoms in total. The minimum atomic E-state index is -0.510. The van der Waals surface area contributed by atoms with Crippen molar-refractivity contribution in [1.29, 1.82) is 0 Å². The van der Waals surface area contributed by atoms with Gasteiger partial charge in [0, 0.05) is 21.1 Å². The van der Waals surface area contributed by atoms with Crippen LogP contribution in [0.4, 0.5) is 0 Å². The molecule has 1 heterocycles. The van der Waals surface area contributed by atoms with E-state index in [2.05, 4.69) is 16.2 Å². The summed E-state index contributed by atoms with van der Waals surface area (Å²) >= 11 is 0. The smallest absolute Gasteiger partial charge is 0.233 e. The van der Waals surface area contributed by atoms with Gasteiger partial charge in [0.15, 0.2) is 0 Å². The zero-order valence-electron chi connectivity index (χ0n) is 7.66. The molecule has 1 rings (SSSR count). The first-order chi connectivity index (χ1) is 6.20. The van der Waals surface area contributed by atoms with Crippen LogP contribution >= 0.6 is 0 Å². The maximum absolute atomic E-state index is 11.2. The van der Waals surface area contributed by atoms with Crippen molar-refractivity contribution in [3.63, 3.8) is 0 Å². The van der Waals surface area contributed by atoms with Crippen LogP contribution in [-0.4, -0.2) is 30.9 Å². The minimum absolute atomic E-state index is 0. The first-order valence-electron chi connectivity index (χ1n) is 4.18. The van der Waals surface area contributed by atoms with Crippen LogP contribution in [0.25, 0.3) is 5.32 Å². The maximum Gasteiger partial charge on any atom is 0.233 e. The first-order valence-corrected chi connectivity index (χ1v) is 4.18. The van der Waals surface area contributed by atoms with Gasteiger partial charge in [-0.3, -0.25) is 15.0 Å². The number of carbonyl (C=O) groups is 2. The zero-order valence-corrected chi connectivity index (χ0v) is 10.6. The summed E-state index contributed by atoms with van der Waals surface area (Å²) in [6.07, 6.45) is 1.73. The molecule has 80 valence electrons. The topological polar surface area (TPSA) is 98.3 Å². The summed E-state index contributed by atoms with van der Waals surface area (Å²) in [7, 11) is 0. The van der Waals surface area contributed by atoms with Crippen molar-refractivity contribution in [1.82, 2.24) is 10.9 Å². The van der Waals surface area contributed by atoms with Gasteiger partial charge < -0.3 is 11.1 Å². The fraction of sp³-hybridized carbons (Fsp3) is 0.714. The fourth-order valence-corrected chi connectivity index (χ4v) is 1.14. The van der Waals surface area contributed by atoms with Gasteiger partial charge in [-0.15, -0.1) is 6.54 Å². The van der Waals surface area contributed by atoms with Gasteiger partial charge in [-0.05, 0) is 0 Å². The molecule has 1 fully saturated rings. The normalized spacial score (nSPS) is 19.9. The van der Waals surface area contributed by atoms with Gasteiger partial charge >= 0.3 is 0 Å². The van der Waals surface area contributed by atoms with Gasteiger partial charge in [0.2, 0.25) is 11.8 Å². The van der Waals surface area contributed by atoms with Crippen LogP contribution in [0.3, 0.4) is 0 Å². The fourth-order valence-electron chi connectivity index (χ4n) is 1.14. The van der Waals surface area contributed by atoms with Crippen molar-refractivity contribution in [2.75, 3.05) is 13.1 Å². The Labute approximate surface area is 96.6 Å². The molecule has 0 aromatic heterocycles. The van der Waals surface area contributed by atoms with Gasteiger partial charge in [-0.1, -0.05) is 18.9 Å². The van der Waals surface area contributed by atoms with E-state index in [0.29, 0.717) is 0 Å². The van der Waals surface area contributed by atoms with Crippen LogP contribution in [0.5, 0.6) is 0 Å². The molecule has 0 aliphatic carbocycles. The summed E-state index contributed by atoms with van der Waals surface area (Å²) in [4.78, 5) is 21.5. The first kappa shape index (κ1) is 13.5. The number of rotatable bonds is 4. The molecule has 0 aromatic rings. The maximum atomic E-state index is 11.2. The Kier molecular flexibility index (Phi) is 6.70. The molecular formula is C7H13N4O2W-. The number of hydrazine groups is 1. The third-order valence-electron chi connectivity index (χ3n) is 1.76. The number of nitrogens with zero attached hydrogens (tertiary/aromatic N) is 1. The average molecular weight is 369 g/mol. The van der Waals surface area contributed by atoms with Crippen LogP contribution < -0.4 is 16.6 Å². The van der Waals surface area contributed by atoms with Gasteiger partial charge in [0.25, 0.3) is 0 Å². The van der Waals surface area contributed by atoms with Crippen molar-refractivity contribution in [2.24, 2.45) is 5.73 Å². The SMILES string of the molecule is NC(=O)CNNC(=O)C1CCC[N-]1.[W]. The number of carbonyl (C=O) groups excluding carboxylic acids is 2. The summed E-state index contributed by atoms with van der Waals surface area (Å²) < 4.78 is 0. The Morgan fingerprint density at radius 3 is 2.71 bits per heavy atom. The van der Waals surface area contributed by atoms with Gasteiger partial charge in [-0.25, -0.2) is 5.43 Å². The summed E-state index contributed by atoms with van der Waals surface area (Å²) in [5.41, 5.74) is 9.66. The monoisotopic (exact) mass is 369 g/mol. The predicted octanol–water partition coefficient (Wildman–Crippen LogP) is -1.37. The van der Waals surface area contributed by atoms with Crippen molar-refractivity contribution in [2.45, 2.75) is 18.9 Å². The molecule has 14 heavy (non-hydrogen) atoms. The molecule has 4 N–H and O–H groups in total. The van der Waals surface area contributed by atoms with E-state index in [1.165, 1.54) is 0 Å². The molecule has 1 unspecified atom stereocenters. The van der Waals surface area contributed by atoms with Crippen molar-refractivity contribution >= 4 is 11.8 Å². The zero-order chi connectivity index (χ0) is 9.68. The second-order valence-corrected chi connectivity index (χ2v) is 2.87. The number of nitrogens with two attached hydrogens (primary N) is 1. The molecule has 1 aliphatic heterocycles. The van der Waals surface area contributed by atoms with E-state index in [4.69, 9.17) is 5.73 Å². The molecule has 0 spiro atoms. The average Bonchev–Trinajstić information content (AvgIpc) is 2.55. The summed E-state index contributed by atoms with van der Waals surface area (Å²) in [6.45, 7) is 0.687. The van der Waals surface area contributed by atoms with Crippen molar-refractivity contribution in [3.05, 3.63) is 5.32 Å². The second-order valence-electron chi connectivity index (χ2n) is 2.87. The minimum Gasteiger partial charge on any atom is -0.652 e. The number of primary amides is 1. The van der Waals surface area contributed by atoms with Crippen LogP contribution in [0.2, 0.25) is 0 Å². The number of hydrogen-bond acceptors (Lipinski definition) is 3. The Bertz CT molecular complexity index is 206. The van der Waals surface area contributed by atoms with E-state index in [0.717, 1.165) is 19.4 Å². The van der Waals surface area contributed by atoms with E-state index in [-0.39, 0.29) is 39.6 Å². The van der Waals surface area contributed by atoms with E-state index >= 15 is 0 Å². The molecule has 1 saturated heterocycles. The van der Waals surface area contributed by atoms with E-state index in [1.807, 2.05) is 0 Å². The van der Waals surface area contributed by atoms with Crippen molar-refractivity contribution < 1.29 is 30.7 Å². The summed E-state index contributed by atoms with van der Waals surface area (Å²) in [5, 5.41) is 4.07. The summed E-state index contributed by atoms with van der Waals surface area (Å²) in [5.74, 6) is -0.706. The van der Waals surface area contributed by atoms with Crippen molar-refractivity contribution in [3.8, 4) is 0 Å².